The number of carbonyl (C=O) groups excluding carboxylic acids is 1. The summed E-state index contributed by atoms with van der Waals surface area (Å²) in [5.41, 5.74) is 0.820. The first-order valence-corrected chi connectivity index (χ1v) is 16.9. The maximum Gasteiger partial charge on any atom is 0.310 e. The molecule has 3 N–H and O–H groups in total. The zero-order valence-corrected chi connectivity index (χ0v) is 29.1. The average Bonchev–Trinajstić information content (AvgIpc) is 3.78. The molecule has 1 aliphatic carbocycles. The van der Waals surface area contributed by atoms with Gasteiger partial charge in [0, 0.05) is 17.4 Å². The predicted molar refractivity (Wildman–Crippen MR) is 171 cm³/mol. The molecular formula is C36H42NO14. The summed E-state index contributed by atoms with van der Waals surface area (Å²) in [6, 6.07) is 6.88. The largest absolute Gasteiger partial charge is 0.502 e. The van der Waals surface area contributed by atoms with Crippen molar-refractivity contribution in [3.63, 3.8) is 0 Å². The molecule has 5 aliphatic heterocycles. The summed E-state index contributed by atoms with van der Waals surface area (Å²) >= 11 is 0. The normalized spacial score (nSPS) is 36.1. The van der Waals surface area contributed by atoms with E-state index in [2.05, 4.69) is 0 Å². The lowest BCUT2D eigenvalue weighted by Gasteiger charge is -2.48. The quantitative estimate of drug-likeness (QED) is 0.293. The number of aromatic hydroxyl groups is 1. The number of aliphatic hydroxyl groups excluding tert-OH is 2. The van der Waals surface area contributed by atoms with E-state index >= 15 is 0 Å². The second kappa shape index (κ2) is 12.2. The number of phenols is 1. The van der Waals surface area contributed by atoms with E-state index in [1.165, 1.54) is 14.2 Å². The van der Waals surface area contributed by atoms with Crippen LogP contribution in [-0.2, 0) is 33.7 Å². The minimum absolute atomic E-state index is 0.00328. The van der Waals surface area contributed by atoms with Gasteiger partial charge < -0.3 is 58.0 Å². The minimum atomic E-state index is -1.56. The molecule has 0 unspecified atom stereocenters. The van der Waals surface area contributed by atoms with E-state index in [9.17, 15) is 25.3 Å². The van der Waals surface area contributed by atoms with Crippen molar-refractivity contribution >= 4 is 5.97 Å². The van der Waals surface area contributed by atoms with Crippen LogP contribution in [-0.4, -0.2) is 109 Å². The molecule has 0 amide bonds. The van der Waals surface area contributed by atoms with Crippen LogP contribution in [0.15, 0.2) is 35.9 Å². The van der Waals surface area contributed by atoms with Crippen molar-refractivity contribution in [1.82, 2.24) is 5.06 Å². The highest BCUT2D eigenvalue weighted by atomic mass is 16.8. The Labute approximate surface area is 294 Å². The van der Waals surface area contributed by atoms with Crippen molar-refractivity contribution in [3.05, 3.63) is 52.6 Å². The van der Waals surface area contributed by atoms with Crippen LogP contribution in [0.3, 0.4) is 0 Å². The molecule has 5 heterocycles. The Kier molecular flexibility index (Phi) is 8.23. The highest BCUT2D eigenvalue weighted by Gasteiger charge is 2.57. The van der Waals surface area contributed by atoms with Crippen molar-refractivity contribution in [2.45, 2.75) is 87.8 Å². The van der Waals surface area contributed by atoms with Gasteiger partial charge in [-0.15, -0.1) is 10.3 Å². The third kappa shape index (κ3) is 5.28. The molecule has 51 heavy (non-hydrogen) atoms. The Hall–Kier alpha value is -3.67. The van der Waals surface area contributed by atoms with E-state index in [1.807, 2.05) is 6.08 Å². The third-order valence-electron chi connectivity index (χ3n) is 11.1. The molecule has 10 atom stereocenters. The van der Waals surface area contributed by atoms with E-state index in [-0.39, 0.29) is 37.3 Å². The van der Waals surface area contributed by atoms with Gasteiger partial charge in [0.05, 0.1) is 50.5 Å². The van der Waals surface area contributed by atoms with E-state index in [1.54, 1.807) is 52.0 Å². The van der Waals surface area contributed by atoms with E-state index < -0.39 is 77.9 Å². The maximum absolute atomic E-state index is 13.6. The molecule has 0 spiro atoms. The Balaban J connectivity index is 1.12. The summed E-state index contributed by atoms with van der Waals surface area (Å²) in [7, 11) is 2.85. The van der Waals surface area contributed by atoms with Gasteiger partial charge in [0.15, 0.2) is 35.6 Å². The SMILES string of the molecule is COc1cc([C@@H]2c3cc4c(cc3[C@@H](O[C@@H]3O[C@@H]5CO[C@@H](C6=CC(C)(C)N([O])C6(C)C)O[C@H]5[C@H](O)[C@H]3O)[C@H]3COC(=O)[C@H]23)OCO4)cc(OC)c1O. The number of fused-ring (bicyclic) bond motifs is 4. The molecule has 2 aromatic carbocycles. The first kappa shape index (κ1) is 34.4. The minimum Gasteiger partial charge on any atom is -0.502 e. The van der Waals surface area contributed by atoms with Crippen molar-refractivity contribution in [2.24, 2.45) is 11.8 Å². The molecule has 0 bridgehead atoms. The van der Waals surface area contributed by atoms with Crippen LogP contribution < -0.4 is 18.9 Å². The number of phenolic OH excluding ortho intramolecular Hbond substituents is 1. The van der Waals surface area contributed by atoms with Crippen LogP contribution in [0.5, 0.6) is 28.7 Å². The van der Waals surface area contributed by atoms with Crippen molar-refractivity contribution < 1.29 is 68.0 Å². The number of cyclic esters (lactones) is 1. The molecule has 15 heteroatoms. The van der Waals surface area contributed by atoms with Gasteiger partial charge in [0.25, 0.3) is 0 Å². The summed E-state index contributed by atoms with van der Waals surface area (Å²) in [5.74, 6) is -1.30. The summed E-state index contributed by atoms with van der Waals surface area (Å²) in [6.07, 6.45) is -6.15. The number of hydroxylamine groups is 2. The molecule has 3 fully saturated rings. The van der Waals surface area contributed by atoms with Crippen LogP contribution in [0.4, 0.5) is 0 Å². The summed E-state index contributed by atoms with van der Waals surface area (Å²) in [5, 5.41) is 47.6. The van der Waals surface area contributed by atoms with E-state index in [0.717, 1.165) is 5.06 Å². The lowest BCUT2D eigenvalue weighted by Crippen LogP contribution is -2.64. The lowest BCUT2D eigenvalue weighted by atomic mass is 9.66. The Morgan fingerprint density at radius 1 is 0.882 bits per heavy atom. The zero-order valence-electron chi connectivity index (χ0n) is 29.1. The molecule has 2 aromatic rings. The zero-order chi connectivity index (χ0) is 36.1. The second-order valence-electron chi connectivity index (χ2n) is 14.9. The molecule has 3 saturated heterocycles. The highest BCUT2D eigenvalue weighted by Crippen LogP contribution is 2.57. The topological polar surface area (TPSA) is 184 Å². The lowest BCUT2D eigenvalue weighted by molar-refractivity contribution is -0.363. The fourth-order valence-electron chi connectivity index (χ4n) is 8.58. The van der Waals surface area contributed by atoms with Gasteiger partial charge in [0.2, 0.25) is 12.5 Å². The number of rotatable bonds is 6. The number of hydrogen-bond donors (Lipinski definition) is 3. The number of aliphatic hydroxyl groups is 2. The van der Waals surface area contributed by atoms with Gasteiger partial charge in [0.1, 0.15) is 24.4 Å². The first-order valence-electron chi connectivity index (χ1n) is 16.9. The van der Waals surface area contributed by atoms with Crippen LogP contribution >= 0.6 is 0 Å². The van der Waals surface area contributed by atoms with Crippen molar-refractivity contribution in [3.8, 4) is 28.7 Å². The van der Waals surface area contributed by atoms with Crippen LogP contribution in [0.25, 0.3) is 0 Å². The molecule has 6 aliphatic rings. The van der Waals surface area contributed by atoms with Crippen LogP contribution in [0.1, 0.15) is 56.4 Å². The second-order valence-corrected chi connectivity index (χ2v) is 14.9. The number of nitrogens with zero attached hydrogens (tertiary/aromatic N) is 1. The molecule has 8 rings (SSSR count). The molecule has 275 valence electrons. The maximum atomic E-state index is 13.6. The monoisotopic (exact) mass is 712 g/mol. The smallest absolute Gasteiger partial charge is 0.310 e. The molecule has 1 radical (unpaired) electrons. The van der Waals surface area contributed by atoms with Crippen molar-refractivity contribution in [2.75, 3.05) is 34.2 Å². The van der Waals surface area contributed by atoms with Crippen molar-refractivity contribution in [1.29, 1.82) is 0 Å². The van der Waals surface area contributed by atoms with Gasteiger partial charge in [-0.05, 0) is 68.7 Å². The van der Waals surface area contributed by atoms with Crippen LogP contribution in [0.2, 0.25) is 0 Å². The van der Waals surface area contributed by atoms with Gasteiger partial charge in [-0.3, -0.25) is 4.79 Å². The summed E-state index contributed by atoms with van der Waals surface area (Å²) in [4.78, 5) is 13.6. The van der Waals surface area contributed by atoms with Gasteiger partial charge in [-0.2, -0.15) is 0 Å². The van der Waals surface area contributed by atoms with Gasteiger partial charge in [-0.1, -0.05) is 6.08 Å². The Bertz CT molecular complexity index is 1730. The number of hydrogen-bond acceptors (Lipinski definition) is 14. The Morgan fingerprint density at radius 2 is 1.55 bits per heavy atom. The van der Waals surface area contributed by atoms with Gasteiger partial charge >= 0.3 is 5.97 Å². The number of ether oxygens (including phenoxy) is 9. The standard InChI is InChI=1S/C36H42NO14/c1-35(2)11-19(36(3,4)37(35)42)33-46-13-24-31(51-33)28(39)29(40)34(49-24)50-30-17-10-21-20(47-14-48-21)9-16(17)25(26-18(30)12-45-32(26)41)15-7-22(43-5)27(38)23(8-15)44-6/h7-11,18,24-26,28-31,33-34,38-40H,12-14H2,1-6H3/t18-,24+,25+,26-,28+,29+,30+,31+,33+,34-/m0/s1. The summed E-state index contributed by atoms with van der Waals surface area (Å²) < 4.78 is 53.1. The van der Waals surface area contributed by atoms with Gasteiger partial charge in [-0.25, -0.2) is 0 Å². The first-order chi connectivity index (χ1) is 24.2. The number of esters is 1. The fraction of sp³-hybridized carbons (Fsp3) is 0.583. The molecular weight excluding hydrogens is 670 g/mol. The molecule has 0 saturated carbocycles. The Morgan fingerprint density at radius 3 is 2.18 bits per heavy atom. The predicted octanol–water partition coefficient (Wildman–Crippen LogP) is 2.46. The number of carbonyl (C=O) groups is 1. The number of benzene rings is 2. The van der Waals surface area contributed by atoms with E-state index in [0.29, 0.717) is 33.8 Å². The fourth-order valence-corrected chi connectivity index (χ4v) is 8.58. The molecule has 15 nitrogen and oxygen atoms in total. The van der Waals surface area contributed by atoms with Crippen LogP contribution in [0, 0.1) is 11.8 Å². The molecule has 0 aromatic heterocycles. The summed E-state index contributed by atoms with van der Waals surface area (Å²) in [6.45, 7) is 7.17. The van der Waals surface area contributed by atoms with E-state index in [4.69, 9.17) is 42.6 Å². The highest BCUT2D eigenvalue weighted by molar-refractivity contribution is 5.79. The average molecular weight is 713 g/mol. The number of methoxy groups -OCH3 is 2. The third-order valence-corrected chi connectivity index (χ3v) is 11.1.